The van der Waals surface area contributed by atoms with Crippen LogP contribution in [0.15, 0.2) is 18.2 Å². The fourth-order valence-corrected chi connectivity index (χ4v) is 2.36. The largest absolute Gasteiger partial charge is 0.484 e. The lowest BCUT2D eigenvalue weighted by Gasteiger charge is -2.40. The Balaban J connectivity index is 2.35. The summed E-state index contributed by atoms with van der Waals surface area (Å²) in [6.07, 6.45) is 1.46. The lowest BCUT2D eigenvalue weighted by molar-refractivity contribution is -0.0338. The molecule has 0 saturated carbocycles. The van der Waals surface area contributed by atoms with Gasteiger partial charge in [-0.1, -0.05) is 6.92 Å². The standard InChI is InChI=1S/C13H18FNO2/c1-3-13(8-16-2)7-11(15)10-6-9(14)4-5-12(10)17-13/h4-6,11H,3,7-8,15H2,1-2H3/t11-,13?/m0/s1. The van der Waals surface area contributed by atoms with E-state index in [4.69, 9.17) is 15.2 Å². The van der Waals surface area contributed by atoms with E-state index in [-0.39, 0.29) is 17.5 Å². The van der Waals surface area contributed by atoms with Crippen molar-refractivity contribution in [1.82, 2.24) is 0 Å². The van der Waals surface area contributed by atoms with Gasteiger partial charge in [0, 0.05) is 25.1 Å². The average molecular weight is 239 g/mol. The normalized spacial score (nSPS) is 27.4. The van der Waals surface area contributed by atoms with E-state index in [1.165, 1.54) is 12.1 Å². The Bertz CT molecular complexity index is 410. The van der Waals surface area contributed by atoms with Gasteiger partial charge in [0.25, 0.3) is 0 Å². The summed E-state index contributed by atoms with van der Waals surface area (Å²) in [5.74, 6) is 0.391. The van der Waals surface area contributed by atoms with Crippen molar-refractivity contribution >= 4 is 0 Å². The third-order valence-electron chi connectivity index (χ3n) is 3.34. The van der Waals surface area contributed by atoms with E-state index in [0.29, 0.717) is 18.8 Å². The van der Waals surface area contributed by atoms with Gasteiger partial charge in [-0.2, -0.15) is 0 Å². The number of rotatable bonds is 3. The van der Waals surface area contributed by atoms with Crippen molar-refractivity contribution in [2.75, 3.05) is 13.7 Å². The van der Waals surface area contributed by atoms with Crippen LogP contribution in [0.1, 0.15) is 31.4 Å². The molecule has 2 rings (SSSR count). The van der Waals surface area contributed by atoms with Gasteiger partial charge in [-0.25, -0.2) is 4.39 Å². The zero-order valence-corrected chi connectivity index (χ0v) is 10.2. The second-order valence-corrected chi connectivity index (χ2v) is 4.56. The number of hydrogen-bond acceptors (Lipinski definition) is 3. The minimum atomic E-state index is -0.390. The monoisotopic (exact) mass is 239 g/mol. The molecule has 3 nitrogen and oxygen atoms in total. The lowest BCUT2D eigenvalue weighted by atomic mass is 9.86. The van der Waals surface area contributed by atoms with Gasteiger partial charge in [-0.15, -0.1) is 0 Å². The van der Waals surface area contributed by atoms with Gasteiger partial charge in [0.1, 0.15) is 17.2 Å². The quantitative estimate of drug-likeness (QED) is 0.881. The van der Waals surface area contributed by atoms with Crippen molar-refractivity contribution in [3.8, 4) is 5.75 Å². The van der Waals surface area contributed by atoms with Gasteiger partial charge in [0.15, 0.2) is 0 Å². The molecule has 0 bridgehead atoms. The van der Waals surface area contributed by atoms with Crippen LogP contribution < -0.4 is 10.5 Å². The number of ether oxygens (including phenoxy) is 2. The van der Waals surface area contributed by atoms with Gasteiger partial charge in [-0.05, 0) is 24.6 Å². The van der Waals surface area contributed by atoms with E-state index in [1.807, 2.05) is 6.92 Å². The second kappa shape index (κ2) is 4.63. The van der Waals surface area contributed by atoms with Crippen LogP contribution in [-0.4, -0.2) is 19.3 Å². The van der Waals surface area contributed by atoms with Crippen molar-refractivity contribution in [2.24, 2.45) is 5.73 Å². The Kier molecular flexibility index (Phi) is 3.35. The zero-order chi connectivity index (χ0) is 12.5. The maximum absolute atomic E-state index is 13.2. The average Bonchev–Trinajstić information content (AvgIpc) is 2.31. The van der Waals surface area contributed by atoms with Crippen molar-refractivity contribution in [2.45, 2.75) is 31.4 Å². The molecule has 2 N–H and O–H groups in total. The van der Waals surface area contributed by atoms with Crippen LogP contribution in [-0.2, 0) is 4.74 Å². The Morgan fingerprint density at radius 1 is 1.59 bits per heavy atom. The summed E-state index contributed by atoms with van der Waals surface area (Å²) in [6, 6.07) is 4.28. The Labute approximate surface area is 101 Å². The molecular formula is C13H18FNO2. The van der Waals surface area contributed by atoms with E-state index in [0.717, 1.165) is 12.0 Å². The molecule has 0 aliphatic carbocycles. The fraction of sp³-hybridized carbons (Fsp3) is 0.538. The molecule has 1 heterocycles. The number of methoxy groups -OCH3 is 1. The van der Waals surface area contributed by atoms with Gasteiger partial charge in [0.2, 0.25) is 0 Å². The third-order valence-corrected chi connectivity index (χ3v) is 3.34. The summed E-state index contributed by atoms with van der Waals surface area (Å²) >= 11 is 0. The summed E-state index contributed by atoms with van der Waals surface area (Å²) in [6.45, 7) is 2.54. The van der Waals surface area contributed by atoms with Crippen LogP contribution in [0, 0.1) is 5.82 Å². The molecule has 0 saturated heterocycles. The first-order valence-corrected chi connectivity index (χ1v) is 5.83. The molecule has 17 heavy (non-hydrogen) atoms. The number of nitrogens with two attached hydrogens (primary N) is 1. The number of hydrogen-bond donors (Lipinski definition) is 1. The molecule has 0 radical (unpaired) electrons. The molecule has 0 amide bonds. The fourth-order valence-electron chi connectivity index (χ4n) is 2.36. The maximum Gasteiger partial charge on any atom is 0.134 e. The molecule has 0 fully saturated rings. The number of halogens is 1. The molecule has 94 valence electrons. The highest BCUT2D eigenvalue weighted by Gasteiger charge is 2.38. The highest BCUT2D eigenvalue weighted by molar-refractivity contribution is 5.39. The van der Waals surface area contributed by atoms with Gasteiger partial charge in [-0.3, -0.25) is 0 Å². The van der Waals surface area contributed by atoms with Crippen LogP contribution in [0.2, 0.25) is 0 Å². The molecule has 1 aromatic carbocycles. The first kappa shape index (κ1) is 12.3. The van der Waals surface area contributed by atoms with Crippen molar-refractivity contribution in [3.05, 3.63) is 29.6 Å². The third kappa shape index (κ3) is 2.28. The molecular weight excluding hydrogens is 221 g/mol. The van der Waals surface area contributed by atoms with Crippen LogP contribution in [0.3, 0.4) is 0 Å². The summed E-state index contributed by atoms with van der Waals surface area (Å²) in [5.41, 5.74) is 6.45. The van der Waals surface area contributed by atoms with E-state index >= 15 is 0 Å². The van der Waals surface area contributed by atoms with Gasteiger partial charge in [0.05, 0.1) is 6.61 Å². The van der Waals surface area contributed by atoms with Gasteiger partial charge < -0.3 is 15.2 Å². The Morgan fingerprint density at radius 2 is 2.35 bits per heavy atom. The highest BCUT2D eigenvalue weighted by Crippen LogP contribution is 2.40. The molecule has 1 aromatic rings. The molecule has 0 aromatic heterocycles. The molecule has 4 heteroatoms. The topological polar surface area (TPSA) is 44.5 Å². The van der Waals surface area contributed by atoms with Crippen LogP contribution in [0.25, 0.3) is 0 Å². The summed E-state index contributed by atoms with van der Waals surface area (Å²) in [5, 5.41) is 0. The SMILES string of the molecule is CCC1(COC)C[C@H](N)c2cc(F)ccc2O1. The zero-order valence-electron chi connectivity index (χ0n) is 10.2. The molecule has 0 spiro atoms. The highest BCUT2D eigenvalue weighted by atomic mass is 19.1. The lowest BCUT2D eigenvalue weighted by Crippen LogP contribution is -2.46. The van der Waals surface area contributed by atoms with Crippen LogP contribution in [0.5, 0.6) is 5.75 Å². The van der Waals surface area contributed by atoms with E-state index < -0.39 is 0 Å². The number of benzene rings is 1. The van der Waals surface area contributed by atoms with Crippen LogP contribution in [0.4, 0.5) is 4.39 Å². The minimum absolute atomic E-state index is 0.204. The molecule has 1 aliphatic rings. The summed E-state index contributed by atoms with van der Waals surface area (Å²) in [4.78, 5) is 0. The van der Waals surface area contributed by atoms with Gasteiger partial charge >= 0.3 is 0 Å². The Hall–Kier alpha value is -1.13. The first-order chi connectivity index (χ1) is 8.10. The molecule has 1 unspecified atom stereocenters. The minimum Gasteiger partial charge on any atom is -0.484 e. The van der Waals surface area contributed by atoms with E-state index in [1.54, 1.807) is 13.2 Å². The number of fused-ring (bicyclic) bond motifs is 1. The van der Waals surface area contributed by atoms with Crippen molar-refractivity contribution in [1.29, 1.82) is 0 Å². The molecule has 1 aliphatic heterocycles. The Morgan fingerprint density at radius 3 is 3.00 bits per heavy atom. The van der Waals surface area contributed by atoms with Crippen molar-refractivity contribution < 1.29 is 13.9 Å². The second-order valence-electron chi connectivity index (χ2n) is 4.56. The smallest absolute Gasteiger partial charge is 0.134 e. The summed E-state index contributed by atoms with van der Waals surface area (Å²) in [7, 11) is 1.65. The predicted molar refractivity (Wildman–Crippen MR) is 63.5 cm³/mol. The summed E-state index contributed by atoms with van der Waals surface area (Å²) < 4.78 is 24.3. The van der Waals surface area contributed by atoms with E-state index in [9.17, 15) is 4.39 Å². The maximum atomic E-state index is 13.2. The first-order valence-electron chi connectivity index (χ1n) is 5.83. The molecule has 2 atom stereocenters. The predicted octanol–water partition coefficient (Wildman–Crippen LogP) is 2.40. The van der Waals surface area contributed by atoms with Crippen LogP contribution >= 0.6 is 0 Å². The van der Waals surface area contributed by atoms with Crippen molar-refractivity contribution in [3.63, 3.8) is 0 Å². The van der Waals surface area contributed by atoms with E-state index in [2.05, 4.69) is 0 Å².